The Morgan fingerprint density at radius 2 is 2.18 bits per heavy atom. The van der Waals surface area contributed by atoms with Gasteiger partial charge in [0.05, 0.1) is 18.4 Å². The van der Waals surface area contributed by atoms with Crippen molar-refractivity contribution in [3.8, 4) is 0 Å². The average Bonchev–Trinajstić information content (AvgIpc) is 2.95. The first-order chi connectivity index (χ1) is 8.18. The number of aromatic amines is 1. The van der Waals surface area contributed by atoms with Crippen LogP contribution in [0.15, 0.2) is 6.20 Å². The summed E-state index contributed by atoms with van der Waals surface area (Å²) in [5.74, 6) is -0.471. The second-order valence-corrected chi connectivity index (χ2v) is 3.97. The molecular weight excluding hydrogens is 222 g/mol. The molecule has 17 heavy (non-hydrogen) atoms. The molecule has 0 spiro atoms. The maximum Gasteiger partial charge on any atom is 0.271 e. The monoisotopic (exact) mass is 237 g/mol. The van der Waals surface area contributed by atoms with Crippen LogP contribution in [0.4, 0.5) is 5.69 Å². The van der Waals surface area contributed by atoms with E-state index in [-0.39, 0.29) is 23.8 Å². The summed E-state index contributed by atoms with van der Waals surface area (Å²) in [7, 11) is 0. The van der Waals surface area contributed by atoms with Crippen molar-refractivity contribution in [2.24, 2.45) is 0 Å². The summed E-state index contributed by atoms with van der Waals surface area (Å²) < 4.78 is 0. The summed E-state index contributed by atoms with van der Waals surface area (Å²) in [4.78, 5) is 25.0. The van der Waals surface area contributed by atoms with Crippen molar-refractivity contribution in [2.75, 3.05) is 25.4 Å². The van der Waals surface area contributed by atoms with E-state index in [9.17, 15) is 9.59 Å². The number of nitrogens with one attached hydrogen (secondary N) is 2. The molecule has 1 fully saturated rings. The summed E-state index contributed by atoms with van der Waals surface area (Å²) in [5, 5.41) is 8.65. The van der Waals surface area contributed by atoms with Gasteiger partial charge in [-0.15, -0.1) is 0 Å². The van der Waals surface area contributed by atoms with E-state index in [1.807, 2.05) is 0 Å². The third-order valence-corrected chi connectivity index (χ3v) is 2.75. The number of amides is 2. The number of likely N-dealkylation sites (tertiary alicyclic amines) is 1. The minimum absolute atomic E-state index is 0.00269. The topological polar surface area (TPSA) is 104 Å². The summed E-state index contributed by atoms with van der Waals surface area (Å²) in [6.45, 7) is 1.55. The van der Waals surface area contributed by atoms with E-state index in [0.717, 1.165) is 25.9 Å². The van der Waals surface area contributed by atoms with Gasteiger partial charge < -0.3 is 16.0 Å². The molecular formula is C10H15N5O2. The van der Waals surface area contributed by atoms with Gasteiger partial charge in [0, 0.05) is 13.1 Å². The van der Waals surface area contributed by atoms with E-state index in [1.54, 1.807) is 4.90 Å². The highest BCUT2D eigenvalue weighted by atomic mass is 16.2. The van der Waals surface area contributed by atoms with E-state index >= 15 is 0 Å². The van der Waals surface area contributed by atoms with Crippen molar-refractivity contribution >= 4 is 17.5 Å². The molecule has 0 aromatic carbocycles. The Kier molecular flexibility index (Phi) is 3.27. The Labute approximate surface area is 98.4 Å². The first kappa shape index (κ1) is 11.4. The molecule has 0 atom stereocenters. The fourth-order valence-corrected chi connectivity index (χ4v) is 1.80. The van der Waals surface area contributed by atoms with Crippen molar-refractivity contribution in [3.05, 3.63) is 11.9 Å². The fourth-order valence-electron chi connectivity index (χ4n) is 1.80. The van der Waals surface area contributed by atoms with Crippen LogP contribution >= 0.6 is 0 Å². The molecule has 1 aromatic rings. The van der Waals surface area contributed by atoms with Crippen molar-refractivity contribution in [2.45, 2.75) is 12.8 Å². The number of nitrogens with two attached hydrogens (primary N) is 1. The molecule has 2 amide bonds. The number of nitrogens with zero attached hydrogens (tertiary/aromatic N) is 2. The Morgan fingerprint density at radius 3 is 2.76 bits per heavy atom. The van der Waals surface area contributed by atoms with Crippen LogP contribution in [0.2, 0.25) is 0 Å². The highest BCUT2D eigenvalue weighted by Crippen LogP contribution is 2.07. The largest absolute Gasteiger partial charge is 0.396 e. The van der Waals surface area contributed by atoms with Crippen LogP contribution in [-0.2, 0) is 4.79 Å². The van der Waals surface area contributed by atoms with Crippen molar-refractivity contribution in [1.82, 2.24) is 20.4 Å². The lowest BCUT2D eigenvalue weighted by atomic mass is 10.3. The molecule has 0 unspecified atom stereocenters. The number of nitrogen functional groups attached to an aromatic ring is 1. The molecule has 7 nitrogen and oxygen atoms in total. The number of hydrogen-bond acceptors (Lipinski definition) is 4. The molecule has 92 valence electrons. The van der Waals surface area contributed by atoms with Crippen LogP contribution in [0.1, 0.15) is 23.3 Å². The van der Waals surface area contributed by atoms with Gasteiger partial charge in [0.15, 0.2) is 0 Å². The Balaban J connectivity index is 1.84. The Bertz CT molecular complexity index is 422. The Morgan fingerprint density at radius 1 is 1.47 bits per heavy atom. The number of rotatable bonds is 3. The van der Waals surface area contributed by atoms with Crippen molar-refractivity contribution < 1.29 is 9.59 Å². The quantitative estimate of drug-likeness (QED) is 0.649. The number of anilines is 1. The van der Waals surface area contributed by atoms with Crippen LogP contribution in [0.5, 0.6) is 0 Å². The van der Waals surface area contributed by atoms with E-state index in [0.29, 0.717) is 0 Å². The van der Waals surface area contributed by atoms with Crippen LogP contribution in [0.25, 0.3) is 0 Å². The standard InChI is InChI=1S/C10H15N5O2/c11-7-5-13-14-9(7)10(17)12-6-8(16)15-3-1-2-4-15/h5H,1-4,6,11H2,(H,12,17)(H,13,14). The van der Waals surface area contributed by atoms with Gasteiger partial charge in [-0.1, -0.05) is 0 Å². The highest BCUT2D eigenvalue weighted by molar-refractivity contribution is 5.98. The van der Waals surface area contributed by atoms with Crippen molar-refractivity contribution in [1.29, 1.82) is 0 Å². The normalized spacial score (nSPS) is 14.9. The molecule has 2 rings (SSSR count). The van der Waals surface area contributed by atoms with Crippen LogP contribution in [0, 0.1) is 0 Å². The average molecular weight is 237 g/mol. The van der Waals surface area contributed by atoms with Crippen molar-refractivity contribution in [3.63, 3.8) is 0 Å². The third kappa shape index (κ3) is 2.55. The van der Waals surface area contributed by atoms with Gasteiger partial charge >= 0.3 is 0 Å². The maximum atomic E-state index is 11.7. The first-order valence-corrected chi connectivity index (χ1v) is 5.53. The molecule has 0 aliphatic carbocycles. The number of carbonyl (C=O) groups is 2. The molecule has 0 saturated carbocycles. The van der Waals surface area contributed by atoms with Gasteiger partial charge in [-0.25, -0.2) is 0 Å². The summed E-state index contributed by atoms with van der Waals surface area (Å²) in [6.07, 6.45) is 3.43. The van der Waals surface area contributed by atoms with Crippen LogP contribution in [0.3, 0.4) is 0 Å². The first-order valence-electron chi connectivity index (χ1n) is 5.53. The van der Waals surface area contributed by atoms with Gasteiger partial charge in [0.25, 0.3) is 5.91 Å². The zero-order valence-corrected chi connectivity index (χ0v) is 9.40. The summed E-state index contributed by atoms with van der Waals surface area (Å²) in [6, 6.07) is 0. The lowest BCUT2D eigenvalue weighted by molar-refractivity contribution is -0.129. The third-order valence-electron chi connectivity index (χ3n) is 2.75. The zero-order chi connectivity index (χ0) is 12.3. The van der Waals surface area contributed by atoms with Crippen LogP contribution in [-0.4, -0.2) is 46.5 Å². The van der Waals surface area contributed by atoms with Crippen LogP contribution < -0.4 is 11.1 Å². The van der Waals surface area contributed by atoms with Gasteiger partial charge in [0.1, 0.15) is 5.69 Å². The molecule has 1 aliphatic rings. The molecule has 1 aromatic heterocycles. The minimum Gasteiger partial charge on any atom is -0.396 e. The lowest BCUT2D eigenvalue weighted by Crippen LogP contribution is -2.38. The predicted molar refractivity (Wildman–Crippen MR) is 61.1 cm³/mol. The number of carbonyl (C=O) groups excluding carboxylic acids is 2. The van der Waals surface area contributed by atoms with E-state index in [1.165, 1.54) is 6.20 Å². The van der Waals surface area contributed by atoms with E-state index in [2.05, 4.69) is 15.5 Å². The highest BCUT2D eigenvalue weighted by Gasteiger charge is 2.19. The van der Waals surface area contributed by atoms with Gasteiger partial charge in [0.2, 0.25) is 5.91 Å². The molecule has 1 saturated heterocycles. The van der Waals surface area contributed by atoms with Gasteiger partial charge in [-0.3, -0.25) is 14.7 Å². The van der Waals surface area contributed by atoms with E-state index in [4.69, 9.17) is 5.73 Å². The van der Waals surface area contributed by atoms with Gasteiger partial charge in [-0.05, 0) is 12.8 Å². The second kappa shape index (κ2) is 4.86. The molecule has 1 aliphatic heterocycles. The number of H-pyrrole nitrogens is 1. The fraction of sp³-hybridized carbons (Fsp3) is 0.500. The smallest absolute Gasteiger partial charge is 0.271 e. The number of aromatic nitrogens is 2. The number of hydrogen-bond donors (Lipinski definition) is 3. The molecule has 0 bridgehead atoms. The van der Waals surface area contributed by atoms with E-state index < -0.39 is 5.91 Å². The molecule has 2 heterocycles. The predicted octanol–water partition coefficient (Wildman–Crippen LogP) is -0.656. The lowest BCUT2D eigenvalue weighted by Gasteiger charge is -2.15. The minimum atomic E-state index is -0.410. The maximum absolute atomic E-state index is 11.7. The molecule has 7 heteroatoms. The molecule has 4 N–H and O–H groups in total. The Hall–Kier alpha value is -2.05. The zero-order valence-electron chi connectivity index (χ0n) is 9.40. The summed E-state index contributed by atoms with van der Waals surface area (Å²) in [5.41, 5.74) is 5.99. The van der Waals surface area contributed by atoms with Gasteiger partial charge in [-0.2, -0.15) is 5.10 Å². The SMILES string of the molecule is Nc1cn[nH]c1C(=O)NCC(=O)N1CCCC1. The molecule has 0 radical (unpaired) electrons. The second-order valence-electron chi connectivity index (χ2n) is 3.97. The summed E-state index contributed by atoms with van der Waals surface area (Å²) >= 11 is 0.